The van der Waals surface area contributed by atoms with E-state index in [1.165, 1.54) is 0 Å². The summed E-state index contributed by atoms with van der Waals surface area (Å²) in [6.07, 6.45) is 3.37. The van der Waals surface area contributed by atoms with E-state index in [-0.39, 0.29) is 12.5 Å². The lowest BCUT2D eigenvalue weighted by Crippen LogP contribution is -2.41. The smallest absolute Gasteiger partial charge is 0.241 e. The predicted molar refractivity (Wildman–Crippen MR) is 49.6 cm³/mol. The quantitative estimate of drug-likeness (QED) is 0.649. The molecule has 15 heavy (non-hydrogen) atoms. The number of hydrogen-bond acceptors (Lipinski definition) is 5. The summed E-state index contributed by atoms with van der Waals surface area (Å²) < 4.78 is 5.17. The standard InChI is InChI=1S/C9H13N3O3/c13-4-9-12-11-8(15-9)3-6-1-7(2-6)10-5-14/h5-7,13H,1-4H2,(H,10,14)/t6-,7+. The number of rotatable bonds is 5. The minimum Gasteiger partial charge on any atom is -0.423 e. The second-order valence-corrected chi connectivity index (χ2v) is 3.77. The first-order chi connectivity index (χ1) is 7.31. The van der Waals surface area contributed by atoms with Crippen LogP contribution in [0, 0.1) is 5.92 Å². The van der Waals surface area contributed by atoms with E-state index in [1.807, 2.05) is 0 Å². The van der Waals surface area contributed by atoms with Crippen LogP contribution < -0.4 is 5.32 Å². The number of nitrogens with one attached hydrogen (secondary N) is 1. The van der Waals surface area contributed by atoms with Crippen LogP contribution in [0.1, 0.15) is 24.6 Å². The average Bonchev–Trinajstić information content (AvgIpc) is 2.62. The van der Waals surface area contributed by atoms with E-state index in [0.29, 0.717) is 17.9 Å². The maximum absolute atomic E-state index is 10.1. The van der Waals surface area contributed by atoms with Crippen molar-refractivity contribution in [1.29, 1.82) is 0 Å². The molecule has 1 saturated carbocycles. The zero-order valence-corrected chi connectivity index (χ0v) is 8.22. The van der Waals surface area contributed by atoms with Crippen LogP contribution in [0.3, 0.4) is 0 Å². The van der Waals surface area contributed by atoms with Gasteiger partial charge in [0.05, 0.1) is 0 Å². The van der Waals surface area contributed by atoms with Crippen LogP contribution in [0.2, 0.25) is 0 Å². The van der Waals surface area contributed by atoms with Crippen molar-refractivity contribution in [2.24, 2.45) is 5.92 Å². The highest BCUT2D eigenvalue weighted by Crippen LogP contribution is 2.29. The molecule has 1 fully saturated rings. The van der Waals surface area contributed by atoms with Crippen LogP contribution >= 0.6 is 0 Å². The third kappa shape index (κ3) is 2.33. The lowest BCUT2D eigenvalue weighted by Gasteiger charge is -2.33. The lowest BCUT2D eigenvalue weighted by atomic mass is 9.78. The number of carbonyl (C=O) groups excluding carboxylic acids is 1. The van der Waals surface area contributed by atoms with E-state index in [9.17, 15) is 4.79 Å². The monoisotopic (exact) mass is 211 g/mol. The van der Waals surface area contributed by atoms with Crippen molar-refractivity contribution in [1.82, 2.24) is 15.5 Å². The third-order valence-electron chi connectivity index (χ3n) is 2.65. The summed E-state index contributed by atoms with van der Waals surface area (Å²) in [5.41, 5.74) is 0. The molecule has 0 radical (unpaired) electrons. The van der Waals surface area contributed by atoms with E-state index in [2.05, 4.69) is 15.5 Å². The first-order valence-electron chi connectivity index (χ1n) is 4.93. The average molecular weight is 211 g/mol. The second kappa shape index (κ2) is 4.39. The summed E-state index contributed by atoms with van der Waals surface area (Å²) in [7, 11) is 0. The highest BCUT2D eigenvalue weighted by molar-refractivity contribution is 5.46. The molecule has 2 N–H and O–H groups in total. The normalized spacial score (nSPS) is 24.6. The van der Waals surface area contributed by atoms with Gasteiger partial charge in [-0.3, -0.25) is 4.79 Å². The minimum atomic E-state index is -0.215. The van der Waals surface area contributed by atoms with Gasteiger partial charge in [-0.15, -0.1) is 10.2 Å². The van der Waals surface area contributed by atoms with Crippen molar-refractivity contribution in [3.05, 3.63) is 11.8 Å². The Labute approximate surface area is 86.7 Å². The fourth-order valence-corrected chi connectivity index (χ4v) is 1.82. The van der Waals surface area contributed by atoms with Gasteiger partial charge in [-0.05, 0) is 18.8 Å². The van der Waals surface area contributed by atoms with Gasteiger partial charge < -0.3 is 14.8 Å². The van der Waals surface area contributed by atoms with Gasteiger partial charge >= 0.3 is 0 Å². The van der Waals surface area contributed by atoms with Crippen molar-refractivity contribution in [2.45, 2.75) is 31.9 Å². The molecular formula is C9H13N3O3. The molecule has 1 heterocycles. The Morgan fingerprint density at radius 3 is 2.80 bits per heavy atom. The van der Waals surface area contributed by atoms with E-state index >= 15 is 0 Å². The maximum Gasteiger partial charge on any atom is 0.241 e. The molecule has 0 aliphatic heterocycles. The second-order valence-electron chi connectivity index (χ2n) is 3.77. The number of hydrogen-bond donors (Lipinski definition) is 2. The molecule has 0 bridgehead atoms. The number of aliphatic hydroxyl groups is 1. The summed E-state index contributed by atoms with van der Waals surface area (Å²) in [6.45, 7) is -0.215. The van der Waals surface area contributed by atoms with Gasteiger partial charge in [-0.2, -0.15) is 0 Å². The van der Waals surface area contributed by atoms with Crippen LogP contribution in [0.25, 0.3) is 0 Å². The topological polar surface area (TPSA) is 88.2 Å². The molecular weight excluding hydrogens is 198 g/mol. The van der Waals surface area contributed by atoms with E-state index in [0.717, 1.165) is 25.7 Å². The Morgan fingerprint density at radius 1 is 1.47 bits per heavy atom. The minimum absolute atomic E-state index is 0.215. The van der Waals surface area contributed by atoms with Gasteiger partial charge in [-0.25, -0.2) is 0 Å². The Morgan fingerprint density at radius 2 is 2.20 bits per heavy atom. The predicted octanol–water partition coefficient (Wildman–Crippen LogP) is -0.371. The van der Waals surface area contributed by atoms with Crippen molar-refractivity contribution in [2.75, 3.05) is 0 Å². The first kappa shape index (κ1) is 10.1. The van der Waals surface area contributed by atoms with Gasteiger partial charge in [-0.1, -0.05) is 0 Å². The molecule has 0 atom stereocenters. The first-order valence-corrected chi connectivity index (χ1v) is 4.93. The Kier molecular flexibility index (Phi) is 2.96. The zero-order valence-electron chi connectivity index (χ0n) is 8.22. The summed E-state index contributed by atoms with van der Waals surface area (Å²) >= 11 is 0. The highest BCUT2D eigenvalue weighted by atomic mass is 16.4. The van der Waals surface area contributed by atoms with Crippen molar-refractivity contribution in [3.8, 4) is 0 Å². The number of amides is 1. The SMILES string of the molecule is O=CN[C@H]1C[C@@H](Cc2nnc(CO)o2)C1. The number of carbonyl (C=O) groups is 1. The van der Waals surface area contributed by atoms with E-state index < -0.39 is 0 Å². The van der Waals surface area contributed by atoms with Crippen LogP contribution in [0.15, 0.2) is 4.42 Å². The van der Waals surface area contributed by atoms with Gasteiger partial charge in [0.25, 0.3) is 0 Å². The Bertz CT molecular complexity index is 333. The summed E-state index contributed by atoms with van der Waals surface area (Å²) in [5, 5.41) is 18.9. The molecule has 6 nitrogen and oxygen atoms in total. The van der Waals surface area contributed by atoms with Gasteiger partial charge in [0.2, 0.25) is 18.2 Å². The molecule has 6 heteroatoms. The van der Waals surface area contributed by atoms with Crippen molar-refractivity contribution >= 4 is 6.41 Å². The van der Waals surface area contributed by atoms with Crippen LogP contribution in [0.4, 0.5) is 0 Å². The Balaban J connectivity index is 1.77. The maximum atomic E-state index is 10.1. The van der Waals surface area contributed by atoms with Gasteiger partial charge in [0.1, 0.15) is 6.61 Å². The molecule has 1 aromatic heterocycles. The van der Waals surface area contributed by atoms with Gasteiger partial charge in [0.15, 0.2) is 0 Å². The van der Waals surface area contributed by atoms with Crippen molar-refractivity contribution in [3.63, 3.8) is 0 Å². The lowest BCUT2D eigenvalue weighted by molar-refractivity contribution is -0.110. The molecule has 1 aromatic rings. The summed E-state index contributed by atoms with van der Waals surface area (Å²) in [4.78, 5) is 10.1. The molecule has 82 valence electrons. The van der Waals surface area contributed by atoms with E-state index in [4.69, 9.17) is 9.52 Å². The van der Waals surface area contributed by atoms with E-state index in [1.54, 1.807) is 0 Å². The fourth-order valence-electron chi connectivity index (χ4n) is 1.82. The fraction of sp³-hybridized carbons (Fsp3) is 0.667. The van der Waals surface area contributed by atoms with Crippen LogP contribution in [0.5, 0.6) is 0 Å². The molecule has 0 aromatic carbocycles. The Hall–Kier alpha value is -1.43. The number of aliphatic hydroxyl groups excluding tert-OH is 1. The highest BCUT2D eigenvalue weighted by Gasteiger charge is 2.30. The molecule has 1 aliphatic rings. The molecule has 0 spiro atoms. The largest absolute Gasteiger partial charge is 0.423 e. The van der Waals surface area contributed by atoms with Gasteiger partial charge in [0, 0.05) is 12.5 Å². The molecule has 2 rings (SSSR count). The number of aromatic nitrogens is 2. The third-order valence-corrected chi connectivity index (χ3v) is 2.65. The molecule has 1 aliphatic carbocycles. The van der Waals surface area contributed by atoms with Crippen LogP contribution in [-0.4, -0.2) is 27.8 Å². The number of nitrogens with zero attached hydrogens (tertiary/aromatic N) is 2. The zero-order chi connectivity index (χ0) is 10.7. The molecule has 1 amide bonds. The van der Waals surface area contributed by atoms with Crippen molar-refractivity contribution < 1.29 is 14.3 Å². The summed E-state index contributed by atoms with van der Waals surface area (Å²) in [5.74, 6) is 1.31. The molecule has 0 saturated heterocycles. The van der Waals surface area contributed by atoms with Crippen LogP contribution in [-0.2, 0) is 17.8 Å². The summed E-state index contributed by atoms with van der Waals surface area (Å²) in [6, 6.07) is 0.299. The molecule has 0 unspecified atom stereocenters.